The minimum Gasteiger partial charge on any atom is -0.504 e. The molecule has 4 bridgehead atoms. The van der Waals surface area contributed by atoms with Crippen molar-refractivity contribution >= 4 is 34.4 Å². The van der Waals surface area contributed by atoms with Crippen molar-refractivity contribution in [1.82, 2.24) is 20.1 Å². The van der Waals surface area contributed by atoms with Gasteiger partial charge in [0.15, 0.2) is 28.8 Å². The van der Waals surface area contributed by atoms with Gasteiger partial charge in [0.1, 0.15) is 36.3 Å². The number of ether oxygens (including phenoxy) is 6. The summed E-state index contributed by atoms with van der Waals surface area (Å²) in [6.45, 7) is 5.82. The number of aromatic nitrogens is 1. The number of rotatable bonds is 5. The van der Waals surface area contributed by atoms with Crippen molar-refractivity contribution in [3.05, 3.63) is 105 Å². The lowest BCUT2D eigenvalue weighted by atomic mass is 9.71. The summed E-state index contributed by atoms with van der Waals surface area (Å²) >= 11 is 1.57. The molecule has 330 valence electrons. The van der Waals surface area contributed by atoms with Gasteiger partial charge in [0.2, 0.25) is 6.79 Å². The third-order valence-corrected chi connectivity index (χ3v) is 15.9. The van der Waals surface area contributed by atoms with Gasteiger partial charge in [-0.3, -0.25) is 24.7 Å². The number of likely N-dealkylation sites (N-methyl/N-ethyl adjacent to an activating group) is 1. The van der Waals surface area contributed by atoms with Crippen LogP contribution < -0.4 is 29.0 Å². The number of carbonyl (C=O) groups excluding carboxylic acids is 2. The Bertz CT molecular complexity index is 2810. The van der Waals surface area contributed by atoms with Crippen LogP contribution in [0.2, 0.25) is 0 Å². The van der Waals surface area contributed by atoms with Crippen LogP contribution in [0.1, 0.15) is 74.5 Å². The summed E-state index contributed by atoms with van der Waals surface area (Å²) in [6, 6.07) is 18.2. The SMILES string of the molecule is COc1c(C)cc2c(c1O)[C@@H]1C3[C@@H]4SC[C@]5(NCCc6c5[nH]c5c(OCc7ccccc7)cccc65)C(=O)COC[C@H](c5c6c(c(C)c(OC(C)=O)c54)OCO6)N3[C@@H](C#N)[C@H](C2)N1C. The molecular formula is C49H49N5O9S. The van der Waals surface area contributed by atoms with E-state index in [0.717, 1.165) is 50.0 Å². The number of ketones is 1. The number of aromatic amines is 1. The van der Waals surface area contributed by atoms with Crippen molar-refractivity contribution in [2.45, 2.75) is 81.2 Å². The highest BCUT2D eigenvalue weighted by Crippen LogP contribution is 2.64. The summed E-state index contributed by atoms with van der Waals surface area (Å²) in [6.07, 6.45) is 1.19. The van der Waals surface area contributed by atoms with E-state index in [0.29, 0.717) is 65.9 Å². The lowest BCUT2D eigenvalue weighted by molar-refractivity contribution is -0.133. The van der Waals surface area contributed by atoms with Crippen LogP contribution in [0.15, 0.2) is 54.6 Å². The molecule has 0 saturated carbocycles. The number of esters is 1. The second kappa shape index (κ2) is 15.5. The molecule has 2 fully saturated rings. The molecule has 0 amide bonds. The molecule has 7 aliphatic rings. The van der Waals surface area contributed by atoms with Crippen LogP contribution in [-0.4, -0.2) is 96.2 Å². The minimum absolute atomic E-state index is 0.00943. The number of H-pyrrole nitrogens is 1. The van der Waals surface area contributed by atoms with Gasteiger partial charge in [0.25, 0.3) is 0 Å². The van der Waals surface area contributed by atoms with Gasteiger partial charge < -0.3 is 38.5 Å². The van der Waals surface area contributed by atoms with E-state index in [4.69, 9.17) is 28.4 Å². The summed E-state index contributed by atoms with van der Waals surface area (Å²) in [5.74, 6) is 2.07. The first-order valence-corrected chi connectivity index (χ1v) is 22.8. The minimum atomic E-state index is -1.25. The van der Waals surface area contributed by atoms with E-state index in [1.165, 1.54) is 6.92 Å². The highest BCUT2D eigenvalue weighted by atomic mass is 32.2. The fourth-order valence-corrected chi connectivity index (χ4v) is 13.4. The number of nitriles is 1. The summed E-state index contributed by atoms with van der Waals surface area (Å²) < 4.78 is 37.6. The summed E-state index contributed by atoms with van der Waals surface area (Å²) in [5, 5.41) is 27.7. The maximum atomic E-state index is 15.2. The van der Waals surface area contributed by atoms with Crippen LogP contribution in [0, 0.1) is 25.2 Å². The molecule has 7 atom stereocenters. The number of carbonyl (C=O) groups is 2. The number of phenols is 1. The smallest absolute Gasteiger partial charge is 0.308 e. The Labute approximate surface area is 374 Å². The Hall–Kier alpha value is -5.76. The second-order valence-electron chi connectivity index (χ2n) is 17.7. The first kappa shape index (κ1) is 41.0. The van der Waals surface area contributed by atoms with E-state index >= 15 is 4.79 Å². The topological polar surface area (TPSA) is 168 Å². The molecule has 15 heteroatoms. The van der Waals surface area contributed by atoms with Crippen molar-refractivity contribution in [3.63, 3.8) is 0 Å². The zero-order chi connectivity index (χ0) is 44.2. The number of nitrogens with zero attached hydrogens (tertiary/aromatic N) is 3. The fraction of sp³-hybridized carbons (Fsp3) is 0.408. The van der Waals surface area contributed by atoms with Crippen LogP contribution in [-0.2, 0) is 39.3 Å². The number of benzene rings is 4. The number of phenolic OH excluding ortho intramolecular Hbond substituents is 1. The van der Waals surface area contributed by atoms with Crippen LogP contribution in [0.5, 0.6) is 34.5 Å². The van der Waals surface area contributed by atoms with Crippen LogP contribution in [0.4, 0.5) is 0 Å². The number of aromatic hydroxyl groups is 1. The highest BCUT2D eigenvalue weighted by Gasteiger charge is 2.61. The van der Waals surface area contributed by atoms with E-state index in [1.54, 1.807) is 18.9 Å². The quantitative estimate of drug-likeness (QED) is 0.132. The van der Waals surface area contributed by atoms with Gasteiger partial charge in [0, 0.05) is 64.6 Å². The average molecular weight is 884 g/mol. The molecule has 64 heavy (non-hydrogen) atoms. The van der Waals surface area contributed by atoms with Gasteiger partial charge in [-0.1, -0.05) is 48.5 Å². The molecule has 8 heterocycles. The molecule has 1 aromatic heterocycles. The number of para-hydroxylation sites is 1. The van der Waals surface area contributed by atoms with Gasteiger partial charge in [-0.25, -0.2) is 0 Å². The number of hydrogen-bond donors (Lipinski definition) is 3. The number of nitrogens with one attached hydrogen (secondary N) is 2. The Kier molecular flexibility index (Phi) is 9.89. The van der Waals surface area contributed by atoms with Crippen molar-refractivity contribution in [2.24, 2.45) is 0 Å². The molecule has 4 aromatic carbocycles. The Morgan fingerprint density at radius 3 is 2.67 bits per heavy atom. The van der Waals surface area contributed by atoms with E-state index < -0.39 is 40.9 Å². The first-order chi connectivity index (χ1) is 31.1. The predicted molar refractivity (Wildman–Crippen MR) is 237 cm³/mol. The molecule has 3 N–H and O–H groups in total. The number of fused-ring (bicyclic) bond motifs is 12. The monoisotopic (exact) mass is 883 g/mol. The Balaban J connectivity index is 1.13. The number of methoxy groups -OCH3 is 1. The maximum absolute atomic E-state index is 15.2. The van der Waals surface area contributed by atoms with Gasteiger partial charge in [0.05, 0.1) is 42.6 Å². The molecule has 7 aliphatic heterocycles. The van der Waals surface area contributed by atoms with E-state index in [9.17, 15) is 15.2 Å². The molecule has 2 saturated heterocycles. The molecule has 0 aliphatic carbocycles. The normalized spacial score (nSPS) is 26.9. The van der Waals surface area contributed by atoms with E-state index in [-0.39, 0.29) is 43.3 Å². The van der Waals surface area contributed by atoms with Crippen LogP contribution in [0.3, 0.4) is 0 Å². The van der Waals surface area contributed by atoms with Gasteiger partial charge in [-0.15, -0.1) is 11.8 Å². The third kappa shape index (κ3) is 5.92. The van der Waals surface area contributed by atoms with Crippen LogP contribution in [0.25, 0.3) is 10.9 Å². The van der Waals surface area contributed by atoms with Crippen molar-refractivity contribution in [1.29, 1.82) is 5.26 Å². The molecule has 0 radical (unpaired) electrons. The van der Waals surface area contributed by atoms with E-state index in [1.807, 2.05) is 63.4 Å². The van der Waals surface area contributed by atoms with Crippen molar-refractivity contribution in [3.8, 4) is 40.6 Å². The maximum Gasteiger partial charge on any atom is 0.308 e. The lowest BCUT2D eigenvalue weighted by Gasteiger charge is -2.61. The number of thioether (sulfide) groups is 1. The molecular weight excluding hydrogens is 835 g/mol. The summed E-state index contributed by atoms with van der Waals surface area (Å²) in [4.78, 5) is 36.5. The lowest BCUT2D eigenvalue weighted by Crippen LogP contribution is -2.69. The van der Waals surface area contributed by atoms with Gasteiger partial charge in [-0.05, 0) is 62.1 Å². The number of hydrogen-bond acceptors (Lipinski definition) is 14. The summed E-state index contributed by atoms with van der Waals surface area (Å²) in [5.41, 5.74) is 6.92. The first-order valence-electron chi connectivity index (χ1n) is 21.8. The van der Waals surface area contributed by atoms with E-state index in [2.05, 4.69) is 38.3 Å². The average Bonchev–Trinajstić information content (AvgIpc) is 3.93. The molecule has 12 rings (SSSR count). The predicted octanol–water partition coefficient (Wildman–Crippen LogP) is 6.38. The highest BCUT2D eigenvalue weighted by molar-refractivity contribution is 7.99. The van der Waals surface area contributed by atoms with Gasteiger partial charge >= 0.3 is 5.97 Å². The number of Topliss-reactive ketones (excluding diaryl/α,β-unsaturated/α-hetero) is 1. The third-order valence-electron chi connectivity index (χ3n) is 14.4. The second-order valence-corrected chi connectivity index (χ2v) is 18.8. The van der Waals surface area contributed by atoms with Crippen molar-refractivity contribution < 1.29 is 43.1 Å². The van der Waals surface area contributed by atoms with Gasteiger partial charge in [-0.2, -0.15) is 5.26 Å². The zero-order valence-corrected chi connectivity index (χ0v) is 37.1. The number of piperazine rings is 1. The standard InChI is InChI=1S/C49H49N5O9S/c1-24-16-28-17-31-32(18-50)54-33-20-59-21-35(56)49(48-30(14-15-51-49)29-12-9-13-34(39(29)52-48)60-19-27-10-7-6-8-11-27)22-64-47(41(54)40(53(31)4)36(28)42(57)43(24)58-5)38-37(33)46-45(61-23-62-46)25(2)44(38)63-26(3)55/h6-13,16,31-33,40-41,47,51-52,57H,14-15,17,19-23H2,1-5H3/t31-,32-,33+,40+,41?,47+,49-/m0/s1. The zero-order valence-electron chi connectivity index (χ0n) is 36.3. The molecule has 1 spiro atoms. The van der Waals surface area contributed by atoms with Crippen molar-refractivity contribution in [2.75, 3.05) is 46.5 Å². The number of aryl methyl sites for hydroxylation is 1. The summed E-state index contributed by atoms with van der Waals surface area (Å²) in [7, 11) is 3.58. The Morgan fingerprint density at radius 2 is 1.89 bits per heavy atom. The Morgan fingerprint density at radius 1 is 1.08 bits per heavy atom. The fourth-order valence-electron chi connectivity index (χ4n) is 11.7. The largest absolute Gasteiger partial charge is 0.504 e. The molecule has 14 nitrogen and oxygen atoms in total. The molecule has 5 aromatic rings. The molecule has 1 unspecified atom stereocenters. The van der Waals surface area contributed by atoms with Crippen LogP contribution >= 0.6 is 11.8 Å².